The van der Waals surface area contributed by atoms with Gasteiger partial charge in [0.25, 0.3) is 0 Å². The number of aryl methyl sites for hydroxylation is 2. The van der Waals surface area contributed by atoms with Gasteiger partial charge in [-0.2, -0.15) is 0 Å². The van der Waals surface area contributed by atoms with Crippen LogP contribution in [0.2, 0.25) is 0 Å². The van der Waals surface area contributed by atoms with E-state index in [2.05, 4.69) is 10.4 Å². The Bertz CT molecular complexity index is 479. The van der Waals surface area contributed by atoms with Gasteiger partial charge in [-0.15, -0.1) is 0 Å². The number of furan rings is 1. The first kappa shape index (κ1) is 10.9. The highest BCUT2D eigenvalue weighted by molar-refractivity contribution is 5.27. The van der Waals surface area contributed by atoms with Gasteiger partial charge in [0, 0.05) is 12.4 Å². The van der Waals surface area contributed by atoms with Gasteiger partial charge in [-0.05, 0) is 37.1 Å². The highest BCUT2D eigenvalue weighted by Gasteiger charge is 2.16. The van der Waals surface area contributed by atoms with Gasteiger partial charge in [0.15, 0.2) is 0 Å². The Labute approximate surface area is 94.5 Å². The minimum absolute atomic E-state index is 0.152. The van der Waals surface area contributed by atoms with Crippen LogP contribution in [0.15, 0.2) is 35.0 Å². The predicted molar refractivity (Wildman–Crippen MR) is 61.6 cm³/mol. The maximum Gasteiger partial charge on any atom is 0.126 e. The summed E-state index contributed by atoms with van der Waals surface area (Å²) < 4.78 is 5.56. The van der Waals surface area contributed by atoms with Crippen LogP contribution in [0.4, 0.5) is 0 Å². The normalized spacial score (nSPS) is 12.7. The van der Waals surface area contributed by atoms with E-state index in [1.165, 1.54) is 0 Å². The summed E-state index contributed by atoms with van der Waals surface area (Å²) in [7, 11) is 0. The molecule has 0 aliphatic carbocycles. The van der Waals surface area contributed by atoms with Gasteiger partial charge >= 0.3 is 0 Å². The Balaban J connectivity index is 2.36. The Morgan fingerprint density at radius 3 is 2.69 bits per heavy atom. The van der Waals surface area contributed by atoms with Crippen molar-refractivity contribution in [2.75, 3.05) is 0 Å². The van der Waals surface area contributed by atoms with Crippen LogP contribution >= 0.6 is 0 Å². The summed E-state index contributed by atoms with van der Waals surface area (Å²) in [6, 6.07) is 5.72. The van der Waals surface area contributed by atoms with Crippen LogP contribution in [-0.4, -0.2) is 4.98 Å². The van der Waals surface area contributed by atoms with Crippen molar-refractivity contribution in [1.82, 2.24) is 10.4 Å². The average molecular weight is 217 g/mol. The van der Waals surface area contributed by atoms with Crippen molar-refractivity contribution in [2.24, 2.45) is 5.84 Å². The third-order valence-corrected chi connectivity index (χ3v) is 2.44. The molecular formula is C12H15N3O. The monoisotopic (exact) mass is 217 g/mol. The molecule has 1 atom stereocenters. The standard InChI is InChI=1S/C12H15N3O/c1-8-5-10(7-14-6-8)12(15-13)11-4-3-9(2)16-11/h3-7,12,15H,13H2,1-2H3. The van der Waals surface area contributed by atoms with Crippen molar-refractivity contribution in [3.05, 3.63) is 53.2 Å². The third-order valence-electron chi connectivity index (χ3n) is 2.44. The number of nitrogens with two attached hydrogens (primary N) is 1. The number of nitrogens with zero attached hydrogens (tertiary/aromatic N) is 1. The van der Waals surface area contributed by atoms with Gasteiger partial charge in [-0.1, -0.05) is 6.07 Å². The Morgan fingerprint density at radius 1 is 1.31 bits per heavy atom. The molecule has 2 aromatic rings. The zero-order valence-corrected chi connectivity index (χ0v) is 9.40. The summed E-state index contributed by atoms with van der Waals surface area (Å²) in [6.45, 7) is 3.91. The van der Waals surface area contributed by atoms with Crippen molar-refractivity contribution < 1.29 is 4.42 Å². The molecule has 3 N–H and O–H groups in total. The molecule has 4 nitrogen and oxygen atoms in total. The first-order valence-electron chi connectivity index (χ1n) is 5.14. The van der Waals surface area contributed by atoms with E-state index in [1.807, 2.05) is 38.2 Å². The van der Waals surface area contributed by atoms with Crippen molar-refractivity contribution in [3.8, 4) is 0 Å². The molecule has 0 radical (unpaired) electrons. The molecule has 0 amide bonds. The summed E-state index contributed by atoms with van der Waals surface area (Å²) in [4.78, 5) is 4.15. The molecule has 84 valence electrons. The van der Waals surface area contributed by atoms with E-state index in [-0.39, 0.29) is 6.04 Å². The summed E-state index contributed by atoms with van der Waals surface area (Å²) in [5.41, 5.74) is 4.84. The number of rotatable bonds is 3. The highest BCUT2D eigenvalue weighted by atomic mass is 16.3. The quantitative estimate of drug-likeness (QED) is 0.608. The molecule has 1 unspecified atom stereocenters. The van der Waals surface area contributed by atoms with Crippen molar-refractivity contribution in [3.63, 3.8) is 0 Å². The van der Waals surface area contributed by atoms with Crippen LogP contribution < -0.4 is 11.3 Å². The second-order valence-corrected chi connectivity index (χ2v) is 3.84. The zero-order valence-electron chi connectivity index (χ0n) is 9.40. The van der Waals surface area contributed by atoms with Crippen molar-refractivity contribution >= 4 is 0 Å². The number of pyridine rings is 1. The smallest absolute Gasteiger partial charge is 0.126 e. The Morgan fingerprint density at radius 2 is 2.12 bits per heavy atom. The minimum atomic E-state index is -0.152. The number of nitrogens with one attached hydrogen (secondary N) is 1. The lowest BCUT2D eigenvalue weighted by atomic mass is 10.1. The molecular weight excluding hydrogens is 202 g/mol. The molecule has 0 aromatic carbocycles. The van der Waals surface area contributed by atoms with Crippen LogP contribution in [0, 0.1) is 13.8 Å². The van der Waals surface area contributed by atoms with E-state index < -0.39 is 0 Å². The van der Waals surface area contributed by atoms with E-state index in [0.29, 0.717) is 0 Å². The molecule has 16 heavy (non-hydrogen) atoms. The highest BCUT2D eigenvalue weighted by Crippen LogP contribution is 2.22. The Kier molecular flexibility index (Phi) is 3.03. The molecule has 2 heterocycles. The number of hydrazine groups is 1. The van der Waals surface area contributed by atoms with Gasteiger partial charge < -0.3 is 4.42 Å². The fraction of sp³-hybridized carbons (Fsp3) is 0.250. The first-order valence-corrected chi connectivity index (χ1v) is 5.14. The van der Waals surface area contributed by atoms with Crippen LogP contribution in [0.5, 0.6) is 0 Å². The molecule has 0 bridgehead atoms. The SMILES string of the molecule is Cc1cncc(C(NN)c2ccc(C)o2)c1. The number of hydrogen-bond donors (Lipinski definition) is 2. The molecule has 4 heteroatoms. The predicted octanol–water partition coefficient (Wildman–Crippen LogP) is 1.84. The molecule has 0 saturated heterocycles. The van der Waals surface area contributed by atoms with Gasteiger partial charge in [0.2, 0.25) is 0 Å². The van der Waals surface area contributed by atoms with E-state index in [1.54, 1.807) is 6.20 Å². The topological polar surface area (TPSA) is 64.1 Å². The van der Waals surface area contributed by atoms with Gasteiger partial charge in [-0.25, -0.2) is 5.43 Å². The largest absolute Gasteiger partial charge is 0.464 e. The first-order chi connectivity index (χ1) is 7.70. The average Bonchev–Trinajstić information content (AvgIpc) is 2.66. The van der Waals surface area contributed by atoms with Crippen LogP contribution in [0.3, 0.4) is 0 Å². The number of hydrogen-bond acceptors (Lipinski definition) is 4. The fourth-order valence-electron chi connectivity index (χ4n) is 1.69. The lowest BCUT2D eigenvalue weighted by Gasteiger charge is -2.13. The lowest BCUT2D eigenvalue weighted by molar-refractivity contribution is 0.434. The maximum absolute atomic E-state index is 5.56. The van der Waals surface area contributed by atoms with E-state index in [0.717, 1.165) is 22.6 Å². The summed E-state index contributed by atoms with van der Waals surface area (Å²) in [5, 5.41) is 0. The molecule has 0 aliphatic rings. The summed E-state index contributed by atoms with van der Waals surface area (Å²) in [6.07, 6.45) is 3.60. The molecule has 0 fully saturated rings. The lowest BCUT2D eigenvalue weighted by Crippen LogP contribution is -2.28. The second-order valence-electron chi connectivity index (χ2n) is 3.84. The third kappa shape index (κ3) is 2.13. The summed E-state index contributed by atoms with van der Waals surface area (Å²) in [5.74, 6) is 7.23. The molecule has 0 saturated carbocycles. The minimum Gasteiger partial charge on any atom is -0.464 e. The van der Waals surface area contributed by atoms with Crippen molar-refractivity contribution in [1.29, 1.82) is 0 Å². The van der Waals surface area contributed by atoms with Crippen LogP contribution in [0.25, 0.3) is 0 Å². The van der Waals surface area contributed by atoms with Gasteiger partial charge in [-0.3, -0.25) is 10.8 Å². The van der Waals surface area contributed by atoms with E-state index in [9.17, 15) is 0 Å². The number of aromatic nitrogens is 1. The zero-order chi connectivity index (χ0) is 11.5. The molecule has 2 aromatic heterocycles. The van der Waals surface area contributed by atoms with Crippen molar-refractivity contribution in [2.45, 2.75) is 19.9 Å². The summed E-state index contributed by atoms with van der Waals surface area (Å²) >= 11 is 0. The van der Waals surface area contributed by atoms with Crippen LogP contribution in [0.1, 0.15) is 28.7 Å². The molecule has 0 aliphatic heterocycles. The Hall–Kier alpha value is -1.65. The van der Waals surface area contributed by atoms with Crippen LogP contribution in [-0.2, 0) is 0 Å². The fourth-order valence-corrected chi connectivity index (χ4v) is 1.69. The van der Waals surface area contributed by atoms with Gasteiger partial charge in [0.1, 0.15) is 17.6 Å². The second kappa shape index (κ2) is 4.47. The molecule has 0 spiro atoms. The molecule has 2 rings (SSSR count). The maximum atomic E-state index is 5.56. The van der Waals surface area contributed by atoms with E-state index in [4.69, 9.17) is 10.3 Å². The van der Waals surface area contributed by atoms with Gasteiger partial charge in [0.05, 0.1) is 0 Å². The van der Waals surface area contributed by atoms with E-state index >= 15 is 0 Å².